The fourth-order valence-electron chi connectivity index (χ4n) is 10.0. The number of hydrogen-bond donors (Lipinski definition) is 3. The van der Waals surface area contributed by atoms with Gasteiger partial charge in [-0.15, -0.1) is 0 Å². The van der Waals surface area contributed by atoms with Gasteiger partial charge in [0, 0.05) is 52.9 Å². The summed E-state index contributed by atoms with van der Waals surface area (Å²) in [5.74, 6) is -4.33. The van der Waals surface area contributed by atoms with Gasteiger partial charge < -0.3 is 44.1 Å². The molecule has 2 aliphatic heterocycles. The van der Waals surface area contributed by atoms with E-state index in [9.17, 15) is 42.0 Å². The van der Waals surface area contributed by atoms with Gasteiger partial charge in [-0.1, -0.05) is 85.2 Å². The van der Waals surface area contributed by atoms with E-state index < -0.39 is 75.4 Å². The number of likely N-dealkylation sites (tertiary alicyclic amines) is 1. The molecule has 7 amide bonds. The minimum absolute atomic E-state index is 0.0515. The predicted molar refractivity (Wildman–Crippen MR) is 285 cm³/mol. The van der Waals surface area contributed by atoms with Gasteiger partial charge in [-0.2, -0.15) is 0 Å². The lowest BCUT2D eigenvalue weighted by Gasteiger charge is -2.41. The molecule has 0 spiro atoms. The molecule has 0 radical (unpaired) electrons. The topological polar surface area (TPSA) is 249 Å². The summed E-state index contributed by atoms with van der Waals surface area (Å²) < 4.78 is 56.6. The third-order valence-electron chi connectivity index (χ3n) is 14.7. The van der Waals surface area contributed by atoms with Gasteiger partial charge in [-0.25, -0.2) is 8.42 Å². The summed E-state index contributed by atoms with van der Waals surface area (Å²) in [7, 11) is 2.62. The minimum atomic E-state index is -3.89. The first-order chi connectivity index (χ1) is 36.1. The molecule has 2 fully saturated rings. The maximum absolute atomic E-state index is 14.7. The number of rotatable bonds is 35. The first-order valence-corrected chi connectivity index (χ1v) is 28.4. The van der Waals surface area contributed by atoms with Crippen molar-refractivity contribution in [2.45, 2.75) is 141 Å². The fourth-order valence-corrected chi connectivity index (χ4v) is 11.4. The summed E-state index contributed by atoms with van der Waals surface area (Å²) in [6.07, 6.45) is 3.67. The van der Waals surface area contributed by atoms with E-state index in [1.807, 2.05) is 59.6 Å². The summed E-state index contributed by atoms with van der Waals surface area (Å²) in [6, 6.07) is 5.21. The van der Waals surface area contributed by atoms with Crippen LogP contribution in [0.1, 0.15) is 92.6 Å². The number of nitrogens with one attached hydrogen (secondary N) is 3. The zero-order chi connectivity index (χ0) is 56.3. The summed E-state index contributed by atoms with van der Waals surface area (Å²) in [4.78, 5) is 100. The second-order valence-corrected chi connectivity index (χ2v) is 22.9. The SMILES string of the molecule is CCC(C)C(C(CC(=O)N1CCCC1C(OC)C(C)C(=O)NC(Cc1ccccc1)C(=O)NS(=O)(=O)C1CC1)OC)N(C)C(=O)C(NC(=O)C(C(C)C)N(C)CCOCCOCCOCCN1C(=O)C=CC1=O)C(C)C. The quantitative estimate of drug-likeness (QED) is 0.0652. The Bertz CT molecular complexity index is 2190. The van der Waals surface area contributed by atoms with Crippen LogP contribution in [0.3, 0.4) is 0 Å². The molecule has 22 heteroatoms. The first kappa shape index (κ1) is 63.7. The van der Waals surface area contributed by atoms with Crippen LogP contribution in [-0.4, -0.2) is 205 Å². The van der Waals surface area contributed by atoms with E-state index in [4.69, 9.17) is 23.7 Å². The van der Waals surface area contributed by atoms with Crippen LogP contribution in [0.2, 0.25) is 0 Å². The van der Waals surface area contributed by atoms with Gasteiger partial charge in [-0.3, -0.25) is 48.1 Å². The average molecular weight is 1090 g/mol. The highest BCUT2D eigenvalue weighted by molar-refractivity contribution is 7.90. The lowest BCUT2D eigenvalue weighted by molar-refractivity contribution is -0.148. The zero-order valence-electron chi connectivity index (χ0n) is 46.7. The van der Waals surface area contributed by atoms with Gasteiger partial charge in [-0.05, 0) is 56.0 Å². The second kappa shape index (κ2) is 30.9. The van der Waals surface area contributed by atoms with E-state index in [1.54, 1.807) is 48.0 Å². The number of carbonyl (C=O) groups is 7. The Labute approximate surface area is 450 Å². The second-order valence-electron chi connectivity index (χ2n) is 20.9. The number of nitrogens with zero attached hydrogens (tertiary/aromatic N) is 4. The molecule has 1 aromatic carbocycles. The Kier molecular flexibility index (Phi) is 25.9. The van der Waals surface area contributed by atoms with Crippen molar-refractivity contribution in [1.82, 2.24) is 35.0 Å². The molecule has 4 rings (SSSR count). The van der Waals surface area contributed by atoms with E-state index in [0.717, 1.165) is 10.5 Å². The number of hydrogen-bond acceptors (Lipinski definition) is 15. The van der Waals surface area contributed by atoms with E-state index >= 15 is 0 Å². The van der Waals surface area contributed by atoms with E-state index in [2.05, 4.69) is 15.4 Å². The standard InChI is InChI=1S/C54H87N7O14S/c1-12-37(6)49(59(9)54(68)47(35(2)3)56-53(67)48(36(4)5)58(8)25-27-73-29-31-75-32-30-74-28-26-61-44(62)22-23-45(61)63)43(71-10)34-46(64)60-24-16-19-42(60)50(72-11)38(7)51(65)55-41(33-39-17-14-13-15-18-39)52(66)57-76(69,70)40-20-21-40/h13-15,17-18,22-23,35-38,40-43,47-50H,12,16,19-21,24-34H2,1-11H3,(H,55,65)(H,56,67)(H,57,66). The predicted octanol–water partition coefficient (Wildman–Crippen LogP) is 2.31. The average Bonchev–Trinajstić information content (AvgIpc) is 4.07. The molecule has 428 valence electrons. The fraction of sp³-hybridized carbons (Fsp3) is 0.722. The van der Waals surface area contributed by atoms with Gasteiger partial charge in [0.1, 0.15) is 12.1 Å². The molecule has 3 N–H and O–H groups in total. The van der Waals surface area contributed by atoms with Crippen LogP contribution in [0.5, 0.6) is 0 Å². The number of sulfonamides is 1. The van der Waals surface area contributed by atoms with Gasteiger partial charge in [0.15, 0.2) is 0 Å². The third kappa shape index (κ3) is 18.4. The molecule has 2 heterocycles. The van der Waals surface area contributed by atoms with Crippen molar-refractivity contribution in [3.63, 3.8) is 0 Å². The number of carbonyl (C=O) groups excluding carboxylic acids is 7. The van der Waals surface area contributed by atoms with Crippen LogP contribution in [0.25, 0.3) is 0 Å². The Morgan fingerprint density at radius 2 is 1.37 bits per heavy atom. The monoisotopic (exact) mass is 1090 g/mol. The smallest absolute Gasteiger partial charge is 0.256 e. The molecule has 1 aliphatic carbocycles. The first-order valence-electron chi connectivity index (χ1n) is 26.9. The van der Waals surface area contributed by atoms with E-state index in [1.165, 1.54) is 26.4 Å². The molecule has 3 aliphatic rings. The number of methoxy groups -OCH3 is 2. The minimum Gasteiger partial charge on any atom is -0.379 e. The van der Waals surface area contributed by atoms with Crippen LogP contribution < -0.4 is 15.4 Å². The van der Waals surface area contributed by atoms with E-state index in [0.29, 0.717) is 78.2 Å². The number of amides is 7. The number of likely N-dealkylation sites (N-methyl/N-ethyl adjacent to an activating group) is 2. The molecule has 1 saturated heterocycles. The lowest BCUT2D eigenvalue weighted by atomic mass is 9.89. The molecular weight excluding hydrogens is 1000 g/mol. The highest BCUT2D eigenvalue weighted by atomic mass is 32.2. The number of benzene rings is 1. The number of ether oxygens (including phenoxy) is 5. The van der Waals surface area contributed by atoms with Crippen molar-refractivity contribution >= 4 is 51.4 Å². The highest BCUT2D eigenvalue weighted by Crippen LogP contribution is 2.31. The Morgan fingerprint density at radius 1 is 0.763 bits per heavy atom. The van der Waals surface area contributed by atoms with Gasteiger partial charge in [0.05, 0.1) is 94.1 Å². The van der Waals surface area contributed by atoms with Gasteiger partial charge in [0.2, 0.25) is 33.7 Å². The largest absolute Gasteiger partial charge is 0.379 e. The maximum Gasteiger partial charge on any atom is 0.256 e. The molecule has 9 atom stereocenters. The molecule has 1 aromatic rings. The third-order valence-corrected chi connectivity index (χ3v) is 16.5. The highest BCUT2D eigenvalue weighted by Gasteiger charge is 2.44. The summed E-state index contributed by atoms with van der Waals surface area (Å²) in [5, 5.41) is 5.23. The van der Waals surface area contributed by atoms with Crippen LogP contribution >= 0.6 is 0 Å². The Hall–Kier alpha value is -4.84. The number of imide groups is 1. The Morgan fingerprint density at radius 3 is 1.92 bits per heavy atom. The van der Waals surface area contributed by atoms with Crippen LogP contribution in [-0.2, 0) is 73.7 Å². The molecule has 76 heavy (non-hydrogen) atoms. The van der Waals surface area contributed by atoms with Gasteiger partial charge >= 0.3 is 0 Å². The molecular formula is C54H87N7O14S. The van der Waals surface area contributed by atoms with Crippen LogP contribution in [0.4, 0.5) is 0 Å². The molecule has 0 aromatic heterocycles. The van der Waals surface area contributed by atoms with Crippen molar-refractivity contribution in [3.8, 4) is 0 Å². The Balaban J connectivity index is 1.34. The maximum atomic E-state index is 14.7. The van der Waals surface area contributed by atoms with Crippen molar-refractivity contribution < 1.29 is 65.7 Å². The normalized spacial score (nSPS) is 19.1. The molecule has 9 unspecified atom stereocenters. The summed E-state index contributed by atoms with van der Waals surface area (Å²) in [6.45, 7) is 16.1. The van der Waals surface area contributed by atoms with Crippen LogP contribution in [0.15, 0.2) is 42.5 Å². The summed E-state index contributed by atoms with van der Waals surface area (Å²) in [5.41, 5.74) is 0.725. The molecule has 1 saturated carbocycles. The van der Waals surface area contributed by atoms with Crippen molar-refractivity contribution in [2.24, 2.45) is 23.7 Å². The molecule has 21 nitrogen and oxygen atoms in total. The van der Waals surface area contributed by atoms with Crippen LogP contribution in [0, 0.1) is 23.7 Å². The molecule has 0 bridgehead atoms. The van der Waals surface area contributed by atoms with Crippen molar-refractivity contribution in [3.05, 3.63) is 48.0 Å². The zero-order valence-corrected chi connectivity index (χ0v) is 47.5. The van der Waals surface area contributed by atoms with E-state index in [-0.39, 0.29) is 73.3 Å². The lowest BCUT2D eigenvalue weighted by Crippen LogP contribution is -2.60. The van der Waals surface area contributed by atoms with Crippen molar-refractivity contribution in [1.29, 1.82) is 0 Å². The summed E-state index contributed by atoms with van der Waals surface area (Å²) >= 11 is 0. The van der Waals surface area contributed by atoms with Gasteiger partial charge in [0.25, 0.3) is 17.7 Å². The van der Waals surface area contributed by atoms with Crippen molar-refractivity contribution in [2.75, 3.05) is 87.6 Å².